The fourth-order valence-corrected chi connectivity index (χ4v) is 1.99. The first-order chi connectivity index (χ1) is 7.76. The summed E-state index contributed by atoms with van der Waals surface area (Å²) in [5.74, 6) is -0.907. The number of carbonyl (C=O) groups is 2. The van der Waals surface area contributed by atoms with Crippen molar-refractivity contribution in [1.82, 2.24) is 4.90 Å². The summed E-state index contributed by atoms with van der Waals surface area (Å²) >= 11 is 0. The molecule has 2 rings (SSSR count). The Bertz CT molecular complexity index is 350. The standard InChI is InChI=1S/C12H19NO4/c1-11(2,3)17-10(16)13(8-4-5-8)12(6-7-12)9(14)15/h8H,4-7H2,1-3H3,(H,14,15). The first-order valence-electron chi connectivity index (χ1n) is 6.02. The number of ether oxygens (including phenoxy) is 1. The van der Waals surface area contributed by atoms with E-state index >= 15 is 0 Å². The van der Waals surface area contributed by atoms with Gasteiger partial charge in [-0.25, -0.2) is 9.59 Å². The molecule has 17 heavy (non-hydrogen) atoms. The van der Waals surface area contributed by atoms with Crippen molar-refractivity contribution < 1.29 is 19.4 Å². The molecule has 2 saturated carbocycles. The minimum absolute atomic E-state index is 0.0587. The maximum Gasteiger partial charge on any atom is 0.411 e. The molecule has 1 N–H and O–H groups in total. The minimum atomic E-state index is -0.983. The topological polar surface area (TPSA) is 66.8 Å². The van der Waals surface area contributed by atoms with Crippen LogP contribution in [0.2, 0.25) is 0 Å². The molecule has 5 heteroatoms. The molecular formula is C12H19NO4. The summed E-state index contributed by atoms with van der Waals surface area (Å²) < 4.78 is 5.30. The van der Waals surface area contributed by atoms with Gasteiger partial charge in [0.25, 0.3) is 0 Å². The lowest BCUT2D eigenvalue weighted by molar-refractivity contribution is -0.145. The summed E-state index contributed by atoms with van der Waals surface area (Å²) in [7, 11) is 0. The van der Waals surface area contributed by atoms with E-state index in [1.165, 1.54) is 4.90 Å². The summed E-state index contributed by atoms with van der Waals surface area (Å²) in [6, 6.07) is 0.0587. The number of aliphatic carboxylic acids is 1. The molecule has 0 bridgehead atoms. The molecule has 1 amide bonds. The van der Waals surface area contributed by atoms with Crippen molar-refractivity contribution in [2.24, 2.45) is 0 Å². The molecule has 0 aliphatic heterocycles. The highest BCUT2D eigenvalue weighted by atomic mass is 16.6. The first-order valence-corrected chi connectivity index (χ1v) is 6.02. The Morgan fingerprint density at radius 1 is 1.29 bits per heavy atom. The second-order valence-electron chi connectivity index (χ2n) is 5.92. The summed E-state index contributed by atoms with van der Waals surface area (Å²) in [6.45, 7) is 5.36. The molecule has 0 spiro atoms. The SMILES string of the molecule is CC(C)(C)OC(=O)N(C1CC1)C1(C(=O)O)CC1. The van der Waals surface area contributed by atoms with Crippen LogP contribution in [0.25, 0.3) is 0 Å². The fraction of sp³-hybridized carbons (Fsp3) is 0.833. The van der Waals surface area contributed by atoms with Gasteiger partial charge in [-0.3, -0.25) is 4.90 Å². The Labute approximate surface area is 101 Å². The molecular weight excluding hydrogens is 222 g/mol. The summed E-state index contributed by atoms with van der Waals surface area (Å²) in [6.07, 6.45) is 2.36. The van der Waals surface area contributed by atoms with Crippen LogP contribution >= 0.6 is 0 Å². The van der Waals surface area contributed by atoms with E-state index in [9.17, 15) is 14.7 Å². The number of carbonyl (C=O) groups excluding carboxylic acids is 1. The Balaban J connectivity index is 2.13. The molecule has 2 aliphatic rings. The van der Waals surface area contributed by atoms with E-state index in [1.807, 2.05) is 0 Å². The Morgan fingerprint density at radius 3 is 2.12 bits per heavy atom. The number of carboxylic acids is 1. The van der Waals surface area contributed by atoms with Gasteiger partial charge in [-0.1, -0.05) is 0 Å². The van der Waals surface area contributed by atoms with Gasteiger partial charge in [-0.15, -0.1) is 0 Å². The average Bonchev–Trinajstić information content (AvgIpc) is 2.91. The summed E-state index contributed by atoms with van der Waals surface area (Å²) in [5, 5.41) is 9.25. The van der Waals surface area contributed by atoms with Gasteiger partial charge in [0.2, 0.25) is 0 Å². The maximum atomic E-state index is 12.1. The van der Waals surface area contributed by atoms with Crippen LogP contribution in [-0.2, 0) is 9.53 Å². The molecule has 0 aromatic rings. The summed E-state index contributed by atoms with van der Waals surface area (Å²) in [4.78, 5) is 24.8. The second-order valence-corrected chi connectivity index (χ2v) is 5.92. The van der Waals surface area contributed by atoms with E-state index in [2.05, 4.69) is 0 Å². The van der Waals surface area contributed by atoms with Crippen molar-refractivity contribution in [2.45, 2.75) is 63.6 Å². The molecule has 2 aliphatic carbocycles. The highest BCUT2D eigenvalue weighted by Crippen LogP contribution is 2.48. The average molecular weight is 241 g/mol. The van der Waals surface area contributed by atoms with Crippen LogP contribution in [0.15, 0.2) is 0 Å². The lowest BCUT2D eigenvalue weighted by Crippen LogP contribution is -2.50. The van der Waals surface area contributed by atoms with Gasteiger partial charge in [-0.2, -0.15) is 0 Å². The van der Waals surface area contributed by atoms with Gasteiger partial charge < -0.3 is 9.84 Å². The van der Waals surface area contributed by atoms with E-state index < -0.39 is 23.2 Å². The van der Waals surface area contributed by atoms with Gasteiger partial charge in [0.1, 0.15) is 11.1 Å². The number of hydrogen-bond donors (Lipinski definition) is 1. The van der Waals surface area contributed by atoms with Crippen LogP contribution in [0.1, 0.15) is 46.5 Å². The van der Waals surface area contributed by atoms with Crippen LogP contribution < -0.4 is 0 Å². The molecule has 0 atom stereocenters. The lowest BCUT2D eigenvalue weighted by atomic mass is 10.2. The van der Waals surface area contributed by atoms with Crippen LogP contribution in [0.4, 0.5) is 4.79 Å². The van der Waals surface area contributed by atoms with Crippen molar-refractivity contribution in [1.29, 1.82) is 0 Å². The van der Waals surface area contributed by atoms with Gasteiger partial charge >= 0.3 is 12.1 Å². The van der Waals surface area contributed by atoms with Gasteiger partial charge in [0, 0.05) is 6.04 Å². The van der Waals surface area contributed by atoms with E-state index in [0.29, 0.717) is 12.8 Å². The van der Waals surface area contributed by atoms with Gasteiger partial charge in [0.15, 0.2) is 0 Å². The van der Waals surface area contributed by atoms with Gasteiger partial charge in [0.05, 0.1) is 0 Å². The third-order valence-corrected chi connectivity index (χ3v) is 3.09. The zero-order chi connectivity index (χ0) is 12.8. The number of amides is 1. The molecule has 0 saturated heterocycles. The van der Waals surface area contributed by atoms with Crippen molar-refractivity contribution in [3.05, 3.63) is 0 Å². The zero-order valence-corrected chi connectivity index (χ0v) is 10.5. The van der Waals surface area contributed by atoms with Crippen molar-refractivity contribution in [2.75, 3.05) is 0 Å². The van der Waals surface area contributed by atoms with Crippen LogP contribution in [0, 0.1) is 0 Å². The highest BCUT2D eigenvalue weighted by molar-refractivity contribution is 5.88. The maximum absolute atomic E-state index is 12.1. The number of hydrogen-bond acceptors (Lipinski definition) is 3. The Hall–Kier alpha value is -1.26. The van der Waals surface area contributed by atoms with Gasteiger partial charge in [-0.05, 0) is 46.5 Å². The second kappa shape index (κ2) is 3.62. The van der Waals surface area contributed by atoms with Crippen molar-refractivity contribution in [3.63, 3.8) is 0 Å². The number of nitrogens with zero attached hydrogens (tertiary/aromatic N) is 1. The van der Waals surface area contributed by atoms with Crippen molar-refractivity contribution >= 4 is 12.1 Å². The molecule has 0 aromatic carbocycles. The van der Waals surface area contributed by atoms with E-state index in [-0.39, 0.29) is 6.04 Å². The normalized spacial score (nSPS) is 21.8. The number of carboxylic acid groups (broad SMARTS) is 1. The predicted octanol–water partition coefficient (Wildman–Crippen LogP) is 2.00. The largest absolute Gasteiger partial charge is 0.479 e. The third-order valence-electron chi connectivity index (χ3n) is 3.09. The smallest absolute Gasteiger partial charge is 0.411 e. The molecule has 2 fully saturated rings. The summed E-state index contributed by atoms with van der Waals surface area (Å²) in [5.41, 5.74) is -1.57. The lowest BCUT2D eigenvalue weighted by Gasteiger charge is -2.31. The molecule has 5 nitrogen and oxygen atoms in total. The highest BCUT2D eigenvalue weighted by Gasteiger charge is 2.61. The monoisotopic (exact) mass is 241 g/mol. The van der Waals surface area contributed by atoms with Crippen molar-refractivity contribution in [3.8, 4) is 0 Å². The third kappa shape index (κ3) is 2.37. The van der Waals surface area contributed by atoms with Crippen LogP contribution in [-0.4, -0.2) is 39.3 Å². The molecule has 0 aromatic heterocycles. The minimum Gasteiger partial charge on any atom is -0.479 e. The molecule has 0 heterocycles. The zero-order valence-electron chi connectivity index (χ0n) is 10.5. The Kier molecular flexibility index (Phi) is 2.60. The fourth-order valence-electron chi connectivity index (χ4n) is 1.99. The molecule has 0 unspecified atom stereocenters. The molecule has 96 valence electrons. The molecule has 0 radical (unpaired) electrons. The van der Waals surface area contributed by atoms with E-state index in [4.69, 9.17) is 4.74 Å². The number of rotatable bonds is 3. The van der Waals surface area contributed by atoms with E-state index in [0.717, 1.165) is 12.8 Å². The predicted molar refractivity (Wildman–Crippen MR) is 60.7 cm³/mol. The quantitative estimate of drug-likeness (QED) is 0.820. The first kappa shape index (κ1) is 12.2. The van der Waals surface area contributed by atoms with E-state index in [1.54, 1.807) is 20.8 Å². The Morgan fingerprint density at radius 2 is 1.82 bits per heavy atom. The van der Waals surface area contributed by atoms with Crippen LogP contribution in [0.5, 0.6) is 0 Å². The van der Waals surface area contributed by atoms with Crippen LogP contribution in [0.3, 0.4) is 0 Å².